The zero-order chi connectivity index (χ0) is 24.4. The Morgan fingerprint density at radius 2 is 1.74 bits per heavy atom. The molecule has 1 saturated heterocycles. The SMILES string of the molecule is O=C(Nc1ccc(N2CCCC2)c(S(=O)(=O)N[C@@H]2CCCc3ccccc32)c1)c1cccc(Br)c1. The second-order valence-corrected chi connectivity index (χ2v) is 11.7. The van der Waals surface area contributed by atoms with Gasteiger partial charge in [-0.05, 0) is 79.6 Å². The van der Waals surface area contributed by atoms with Crippen LogP contribution in [-0.2, 0) is 16.4 Å². The molecule has 8 heteroatoms. The lowest BCUT2D eigenvalue weighted by Crippen LogP contribution is -2.32. The highest BCUT2D eigenvalue weighted by Gasteiger charge is 2.29. The van der Waals surface area contributed by atoms with Gasteiger partial charge in [-0.15, -0.1) is 0 Å². The number of hydrogen-bond donors (Lipinski definition) is 2. The third-order valence-corrected chi connectivity index (χ3v) is 8.70. The Labute approximate surface area is 214 Å². The van der Waals surface area contributed by atoms with Crippen molar-refractivity contribution in [1.82, 2.24) is 4.72 Å². The Bertz CT molecular complexity index is 1350. The molecule has 2 N–H and O–H groups in total. The molecule has 1 aliphatic heterocycles. The lowest BCUT2D eigenvalue weighted by atomic mass is 9.88. The summed E-state index contributed by atoms with van der Waals surface area (Å²) in [5, 5.41) is 2.86. The molecule has 0 saturated carbocycles. The standard InChI is InChI=1S/C27H28BrN3O3S/c28-21-10-5-9-20(17-21)27(32)29-22-13-14-25(31-15-3-4-16-31)26(18-22)35(33,34)30-24-12-6-8-19-7-1-2-11-23(19)24/h1-2,5,7,9-11,13-14,17-18,24,30H,3-4,6,8,12,15-16H2,(H,29,32)/t24-/m1/s1. The first-order valence-corrected chi connectivity index (χ1v) is 14.2. The second-order valence-electron chi connectivity index (χ2n) is 9.11. The maximum absolute atomic E-state index is 13.8. The van der Waals surface area contributed by atoms with Gasteiger partial charge in [0.15, 0.2) is 0 Å². The highest BCUT2D eigenvalue weighted by atomic mass is 79.9. The molecule has 1 atom stereocenters. The number of aryl methyl sites for hydroxylation is 1. The average Bonchev–Trinajstić information content (AvgIpc) is 3.39. The summed E-state index contributed by atoms with van der Waals surface area (Å²) >= 11 is 3.39. The van der Waals surface area contributed by atoms with Gasteiger partial charge >= 0.3 is 0 Å². The maximum atomic E-state index is 13.8. The van der Waals surface area contributed by atoms with E-state index in [4.69, 9.17) is 0 Å². The number of amides is 1. The molecule has 6 nitrogen and oxygen atoms in total. The van der Waals surface area contributed by atoms with Crippen molar-refractivity contribution in [2.75, 3.05) is 23.3 Å². The van der Waals surface area contributed by atoms with Gasteiger partial charge in [-0.2, -0.15) is 0 Å². The van der Waals surface area contributed by atoms with Crippen molar-refractivity contribution in [3.63, 3.8) is 0 Å². The summed E-state index contributed by atoms with van der Waals surface area (Å²) in [6.07, 6.45) is 4.72. The van der Waals surface area contributed by atoms with E-state index in [9.17, 15) is 13.2 Å². The van der Waals surface area contributed by atoms with Gasteiger partial charge in [-0.25, -0.2) is 13.1 Å². The minimum atomic E-state index is -3.85. The van der Waals surface area contributed by atoms with Gasteiger partial charge in [0.1, 0.15) is 4.90 Å². The van der Waals surface area contributed by atoms with E-state index in [1.807, 2.05) is 30.3 Å². The third-order valence-electron chi connectivity index (χ3n) is 6.71. The van der Waals surface area contributed by atoms with Gasteiger partial charge in [-0.1, -0.05) is 46.3 Å². The molecule has 0 bridgehead atoms. The fourth-order valence-electron chi connectivity index (χ4n) is 4.99. The Morgan fingerprint density at radius 1 is 0.943 bits per heavy atom. The van der Waals surface area contributed by atoms with Crippen LogP contribution in [0.25, 0.3) is 0 Å². The summed E-state index contributed by atoms with van der Waals surface area (Å²) in [5.74, 6) is -0.294. The number of fused-ring (bicyclic) bond motifs is 1. The van der Waals surface area contributed by atoms with Crippen molar-refractivity contribution < 1.29 is 13.2 Å². The topological polar surface area (TPSA) is 78.5 Å². The molecule has 5 rings (SSSR count). The number of benzene rings is 3. The van der Waals surface area contributed by atoms with Crippen LogP contribution in [-0.4, -0.2) is 27.4 Å². The van der Waals surface area contributed by atoms with Crippen molar-refractivity contribution in [1.29, 1.82) is 0 Å². The first-order chi connectivity index (χ1) is 16.9. The molecule has 1 fully saturated rings. The van der Waals surface area contributed by atoms with Crippen LogP contribution in [0.15, 0.2) is 76.1 Å². The number of nitrogens with one attached hydrogen (secondary N) is 2. The normalized spacial score (nSPS) is 17.7. The van der Waals surface area contributed by atoms with Gasteiger partial charge in [-0.3, -0.25) is 4.79 Å². The molecule has 1 amide bonds. The van der Waals surface area contributed by atoms with Crippen LogP contribution in [0.4, 0.5) is 11.4 Å². The zero-order valence-corrected chi connectivity index (χ0v) is 21.7. The molecule has 35 heavy (non-hydrogen) atoms. The highest BCUT2D eigenvalue weighted by Crippen LogP contribution is 2.35. The first-order valence-electron chi connectivity index (χ1n) is 12.0. The third kappa shape index (κ3) is 5.29. The van der Waals surface area contributed by atoms with Crippen molar-refractivity contribution >= 4 is 43.2 Å². The van der Waals surface area contributed by atoms with E-state index < -0.39 is 10.0 Å². The van der Waals surface area contributed by atoms with Gasteiger partial charge in [0, 0.05) is 34.9 Å². The Morgan fingerprint density at radius 3 is 2.54 bits per heavy atom. The minimum absolute atomic E-state index is 0.203. The fourth-order valence-corrected chi connectivity index (χ4v) is 6.89. The number of carbonyl (C=O) groups excluding carboxylic acids is 1. The van der Waals surface area contributed by atoms with Crippen molar-refractivity contribution in [2.24, 2.45) is 0 Å². The van der Waals surface area contributed by atoms with E-state index >= 15 is 0 Å². The van der Waals surface area contributed by atoms with E-state index in [1.165, 1.54) is 5.56 Å². The summed E-state index contributed by atoms with van der Waals surface area (Å²) in [4.78, 5) is 15.1. The molecule has 0 spiro atoms. The predicted octanol–water partition coefficient (Wildman–Crippen LogP) is 5.66. The largest absolute Gasteiger partial charge is 0.370 e. The van der Waals surface area contributed by atoms with Crippen LogP contribution in [0.1, 0.15) is 53.2 Å². The quantitative estimate of drug-likeness (QED) is 0.413. The average molecular weight is 555 g/mol. The number of rotatable bonds is 6. The summed E-state index contributed by atoms with van der Waals surface area (Å²) in [7, 11) is -3.85. The zero-order valence-electron chi connectivity index (χ0n) is 19.3. The molecule has 182 valence electrons. The Kier molecular flexibility index (Phi) is 6.95. The van der Waals surface area contributed by atoms with Crippen molar-refractivity contribution in [2.45, 2.75) is 43.0 Å². The smallest absolute Gasteiger partial charge is 0.255 e. The van der Waals surface area contributed by atoms with Gasteiger partial charge in [0.2, 0.25) is 10.0 Å². The maximum Gasteiger partial charge on any atom is 0.255 e. The van der Waals surface area contributed by atoms with Crippen LogP contribution < -0.4 is 14.9 Å². The molecule has 3 aromatic carbocycles. The fraction of sp³-hybridized carbons (Fsp3) is 0.296. The van der Waals surface area contributed by atoms with Gasteiger partial charge in [0.25, 0.3) is 5.91 Å². The number of anilines is 2. The lowest BCUT2D eigenvalue weighted by molar-refractivity contribution is 0.102. The lowest BCUT2D eigenvalue weighted by Gasteiger charge is -2.28. The first kappa shape index (κ1) is 24.0. The number of hydrogen-bond acceptors (Lipinski definition) is 4. The van der Waals surface area contributed by atoms with E-state index in [2.05, 4.69) is 36.9 Å². The van der Waals surface area contributed by atoms with Crippen LogP contribution in [0.5, 0.6) is 0 Å². The predicted molar refractivity (Wildman–Crippen MR) is 142 cm³/mol. The van der Waals surface area contributed by atoms with E-state index in [0.717, 1.165) is 55.2 Å². The molecular weight excluding hydrogens is 526 g/mol. The molecule has 3 aromatic rings. The molecule has 0 radical (unpaired) electrons. The number of sulfonamides is 1. The Balaban J connectivity index is 1.47. The summed E-state index contributed by atoms with van der Waals surface area (Å²) in [6, 6.07) is 20.0. The molecule has 1 heterocycles. The van der Waals surface area contributed by atoms with Crippen LogP contribution in [0, 0.1) is 0 Å². The van der Waals surface area contributed by atoms with Crippen molar-refractivity contribution in [3.05, 3.63) is 87.9 Å². The number of carbonyl (C=O) groups is 1. The second kappa shape index (κ2) is 10.1. The molecule has 2 aliphatic rings. The number of nitrogens with zero attached hydrogens (tertiary/aromatic N) is 1. The molecule has 1 aliphatic carbocycles. The van der Waals surface area contributed by atoms with Crippen LogP contribution in [0.3, 0.4) is 0 Å². The van der Waals surface area contributed by atoms with E-state index in [-0.39, 0.29) is 16.8 Å². The van der Waals surface area contributed by atoms with E-state index in [1.54, 1.807) is 30.3 Å². The monoisotopic (exact) mass is 553 g/mol. The van der Waals surface area contributed by atoms with Crippen LogP contribution >= 0.6 is 15.9 Å². The Hall–Kier alpha value is -2.68. The molecular formula is C27H28BrN3O3S. The molecule has 0 aromatic heterocycles. The highest BCUT2D eigenvalue weighted by molar-refractivity contribution is 9.10. The van der Waals surface area contributed by atoms with E-state index in [0.29, 0.717) is 16.9 Å². The minimum Gasteiger partial charge on any atom is -0.370 e. The van der Waals surface area contributed by atoms with Gasteiger partial charge in [0.05, 0.1) is 5.69 Å². The summed E-state index contributed by atoms with van der Waals surface area (Å²) in [5.41, 5.74) is 3.86. The van der Waals surface area contributed by atoms with Crippen LogP contribution in [0.2, 0.25) is 0 Å². The van der Waals surface area contributed by atoms with Gasteiger partial charge < -0.3 is 10.2 Å². The molecule has 0 unspecified atom stereocenters. The summed E-state index contributed by atoms with van der Waals surface area (Å²) < 4.78 is 31.3. The summed E-state index contributed by atoms with van der Waals surface area (Å²) in [6.45, 7) is 1.64. The van der Waals surface area contributed by atoms with Crippen molar-refractivity contribution in [3.8, 4) is 0 Å². The number of halogens is 1.